The highest BCUT2D eigenvalue weighted by atomic mass is 16.5. The van der Waals surface area contributed by atoms with Crippen LogP contribution in [0.5, 0.6) is 11.5 Å². The van der Waals surface area contributed by atoms with E-state index in [0.29, 0.717) is 12.1 Å². The second-order valence-corrected chi connectivity index (χ2v) is 5.79. The molecule has 0 atom stereocenters. The Morgan fingerprint density at radius 1 is 1.12 bits per heavy atom. The number of fused-ring (bicyclic) bond motifs is 1. The summed E-state index contributed by atoms with van der Waals surface area (Å²) in [5.74, 6) is 0.898. The minimum absolute atomic E-state index is 0.0764. The van der Waals surface area contributed by atoms with Gasteiger partial charge in [0.1, 0.15) is 17.1 Å². The molecule has 24 heavy (non-hydrogen) atoms. The summed E-state index contributed by atoms with van der Waals surface area (Å²) in [4.78, 5) is 13.9. The van der Waals surface area contributed by atoms with Crippen molar-refractivity contribution in [2.45, 2.75) is 13.1 Å². The van der Waals surface area contributed by atoms with E-state index in [0.717, 1.165) is 28.8 Å². The Balaban J connectivity index is 1.84. The first-order chi connectivity index (χ1) is 11.5. The molecule has 0 radical (unpaired) electrons. The van der Waals surface area contributed by atoms with Gasteiger partial charge in [0.15, 0.2) is 0 Å². The fraction of sp³-hybridized carbons (Fsp3) is 0.211. The van der Waals surface area contributed by atoms with Crippen LogP contribution in [0.15, 0.2) is 57.7 Å². The molecule has 0 aliphatic rings. The van der Waals surface area contributed by atoms with Crippen LogP contribution in [0.4, 0.5) is 0 Å². The van der Waals surface area contributed by atoms with E-state index in [1.807, 2.05) is 31.3 Å². The molecule has 1 N–H and O–H groups in total. The monoisotopic (exact) mass is 325 g/mol. The Labute approximate surface area is 139 Å². The van der Waals surface area contributed by atoms with E-state index in [2.05, 4.69) is 4.90 Å². The van der Waals surface area contributed by atoms with Crippen LogP contribution >= 0.6 is 0 Å². The van der Waals surface area contributed by atoms with Crippen molar-refractivity contribution in [3.05, 3.63) is 70.1 Å². The molecule has 124 valence electrons. The maximum Gasteiger partial charge on any atom is 0.336 e. The lowest BCUT2D eigenvalue weighted by atomic mass is 10.1. The number of ether oxygens (including phenoxy) is 1. The molecule has 0 saturated carbocycles. The summed E-state index contributed by atoms with van der Waals surface area (Å²) >= 11 is 0. The molecular weight excluding hydrogens is 306 g/mol. The second-order valence-electron chi connectivity index (χ2n) is 5.79. The van der Waals surface area contributed by atoms with Gasteiger partial charge < -0.3 is 14.3 Å². The van der Waals surface area contributed by atoms with Gasteiger partial charge in [0.05, 0.1) is 7.11 Å². The molecule has 0 aliphatic carbocycles. The van der Waals surface area contributed by atoms with E-state index in [1.165, 1.54) is 12.1 Å². The maximum absolute atomic E-state index is 11.8. The molecule has 0 spiro atoms. The third-order valence-corrected chi connectivity index (χ3v) is 3.84. The lowest BCUT2D eigenvalue weighted by Gasteiger charge is -2.18. The van der Waals surface area contributed by atoms with Gasteiger partial charge in [-0.25, -0.2) is 4.79 Å². The normalized spacial score (nSPS) is 11.1. The second kappa shape index (κ2) is 6.76. The van der Waals surface area contributed by atoms with Gasteiger partial charge in [-0.2, -0.15) is 0 Å². The molecule has 2 aromatic carbocycles. The molecule has 0 bridgehead atoms. The first-order valence-electron chi connectivity index (χ1n) is 7.62. The van der Waals surface area contributed by atoms with Crippen LogP contribution in [-0.4, -0.2) is 24.2 Å². The molecule has 0 aliphatic heterocycles. The van der Waals surface area contributed by atoms with Crippen LogP contribution in [0.1, 0.15) is 11.1 Å². The topological polar surface area (TPSA) is 62.9 Å². The highest BCUT2D eigenvalue weighted by Gasteiger charge is 2.10. The largest absolute Gasteiger partial charge is 0.508 e. The van der Waals surface area contributed by atoms with Crippen LogP contribution in [0.2, 0.25) is 0 Å². The lowest BCUT2D eigenvalue weighted by Crippen LogP contribution is -2.18. The lowest BCUT2D eigenvalue weighted by molar-refractivity contribution is 0.318. The average molecular weight is 325 g/mol. The summed E-state index contributed by atoms with van der Waals surface area (Å²) in [6, 6.07) is 14.2. The molecule has 5 heteroatoms. The minimum Gasteiger partial charge on any atom is -0.508 e. The van der Waals surface area contributed by atoms with E-state index in [1.54, 1.807) is 19.2 Å². The van der Waals surface area contributed by atoms with Crippen molar-refractivity contribution in [2.75, 3.05) is 14.2 Å². The van der Waals surface area contributed by atoms with Crippen LogP contribution in [0.25, 0.3) is 11.0 Å². The summed E-state index contributed by atoms with van der Waals surface area (Å²) in [6.07, 6.45) is 0. The Morgan fingerprint density at radius 3 is 2.75 bits per heavy atom. The number of aromatic hydroxyl groups is 1. The highest BCUT2D eigenvalue weighted by Crippen LogP contribution is 2.23. The Hall–Kier alpha value is -2.79. The summed E-state index contributed by atoms with van der Waals surface area (Å²) in [7, 11) is 3.63. The van der Waals surface area contributed by atoms with Gasteiger partial charge in [0.25, 0.3) is 0 Å². The van der Waals surface area contributed by atoms with Gasteiger partial charge >= 0.3 is 5.63 Å². The first-order valence-corrected chi connectivity index (χ1v) is 7.62. The SMILES string of the molecule is COc1cccc(CN(C)Cc2cc(=O)oc3cc(O)ccc23)c1. The molecule has 3 aromatic rings. The van der Waals surface area contributed by atoms with Crippen molar-refractivity contribution in [3.63, 3.8) is 0 Å². The van der Waals surface area contributed by atoms with E-state index >= 15 is 0 Å². The van der Waals surface area contributed by atoms with Crippen molar-refractivity contribution in [1.82, 2.24) is 4.90 Å². The van der Waals surface area contributed by atoms with Gasteiger partial charge in [0, 0.05) is 30.6 Å². The molecule has 1 heterocycles. The number of phenolic OH excluding ortho intramolecular Hbond substituents is 1. The molecule has 1 aromatic heterocycles. The van der Waals surface area contributed by atoms with Crippen molar-refractivity contribution in [3.8, 4) is 11.5 Å². The van der Waals surface area contributed by atoms with Crippen LogP contribution < -0.4 is 10.4 Å². The Bertz CT molecular complexity index is 917. The minimum atomic E-state index is -0.419. The van der Waals surface area contributed by atoms with Crippen LogP contribution in [0.3, 0.4) is 0 Å². The Kier molecular flexibility index (Phi) is 4.53. The van der Waals surface area contributed by atoms with Crippen molar-refractivity contribution >= 4 is 11.0 Å². The number of nitrogens with zero attached hydrogens (tertiary/aromatic N) is 1. The predicted molar refractivity (Wildman–Crippen MR) is 92.3 cm³/mol. The average Bonchev–Trinajstić information content (AvgIpc) is 2.54. The highest BCUT2D eigenvalue weighted by molar-refractivity contribution is 5.81. The summed E-state index contributed by atoms with van der Waals surface area (Å²) in [5, 5.41) is 10.4. The number of hydrogen-bond donors (Lipinski definition) is 1. The number of benzene rings is 2. The standard InChI is InChI=1S/C19H19NO4/c1-20(11-13-4-3-5-16(8-13)23-2)12-14-9-19(22)24-18-10-15(21)6-7-17(14)18/h3-10,21H,11-12H2,1-2H3. The van der Waals surface area contributed by atoms with Gasteiger partial charge in [-0.3, -0.25) is 4.90 Å². The van der Waals surface area contributed by atoms with Crippen LogP contribution in [-0.2, 0) is 13.1 Å². The molecule has 5 nitrogen and oxygen atoms in total. The fourth-order valence-corrected chi connectivity index (χ4v) is 2.78. The summed E-state index contributed by atoms with van der Waals surface area (Å²) in [5.41, 5.74) is 1.97. The third-order valence-electron chi connectivity index (χ3n) is 3.84. The zero-order valence-electron chi connectivity index (χ0n) is 13.7. The zero-order valence-corrected chi connectivity index (χ0v) is 13.7. The van der Waals surface area contributed by atoms with E-state index in [4.69, 9.17) is 9.15 Å². The predicted octanol–water partition coefficient (Wildman–Crippen LogP) is 3.14. The number of hydrogen-bond acceptors (Lipinski definition) is 5. The van der Waals surface area contributed by atoms with Gasteiger partial charge in [0.2, 0.25) is 0 Å². The van der Waals surface area contributed by atoms with Gasteiger partial charge in [-0.1, -0.05) is 12.1 Å². The first kappa shape index (κ1) is 16.1. The van der Waals surface area contributed by atoms with E-state index in [9.17, 15) is 9.90 Å². The van der Waals surface area contributed by atoms with Crippen molar-refractivity contribution in [1.29, 1.82) is 0 Å². The number of phenols is 1. The maximum atomic E-state index is 11.8. The van der Waals surface area contributed by atoms with Gasteiger partial charge in [-0.05, 0) is 42.4 Å². The zero-order chi connectivity index (χ0) is 17.1. The molecule has 0 unspecified atom stereocenters. The van der Waals surface area contributed by atoms with E-state index in [-0.39, 0.29) is 5.75 Å². The molecule has 3 rings (SSSR count). The molecule has 0 fully saturated rings. The summed E-state index contributed by atoms with van der Waals surface area (Å²) in [6.45, 7) is 1.31. The third kappa shape index (κ3) is 3.58. The number of rotatable bonds is 5. The van der Waals surface area contributed by atoms with Crippen LogP contribution in [0, 0.1) is 0 Å². The molecule has 0 amide bonds. The van der Waals surface area contributed by atoms with Gasteiger partial charge in [-0.15, -0.1) is 0 Å². The molecular formula is C19H19NO4. The fourth-order valence-electron chi connectivity index (χ4n) is 2.78. The smallest absolute Gasteiger partial charge is 0.336 e. The van der Waals surface area contributed by atoms with Crippen molar-refractivity contribution < 1.29 is 14.3 Å². The van der Waals surface area contributed by atoms with Crippen molar-refractivity contribution in [2.24, 2.45) is 0 Å². The number of methoxy groups -OCH3 is 1. The Morgan fingerprint density at radius 2 is 1.96 bits per heavy atom. The quantitative estimate of drug-likeness (QED) is 0.730. The van der Waals surface area contributed by atoms with E-state index < -0.39 is 5.63 Å². The summed E-state index contributed by atoms with van der Waals surface area (Å²) < 4.78 is 10.4. The molecule has 0 saturated heterocycles.